The third-order valence-corrected chi connectivity index (χ3v) is 4.45. The topological polar surface area (TPSA) is 84.3 Å². The molecule has 1 fully saturated rings. The van der Waals surface area contributed by atoms with E-state index < -0.39 is 4.92 Å². The first-order valence-electron chi connectivity index (χ1n) is 6.89. The van der Waals surface area contributed by atoms with Crippen molar-refractivity contribution in [2.45, 2.75) is 36.7 Å². The van der Waals surface area contributed by atoms with Gasteiger partial charge in [0.05, 0.1) is 4.92 Å². The second-order valence-electron chi connectivity index (χ2n) is 5.11. The molecule has 1 aliphatic heterocycles. The van der Waals surface area contributed by atoms with E-state index in [1.54, 1.807) is 12.1 Å². The second-order valence-corrected chi connectivity index (χ2v) is 5.98. The summed E-state index contributed by atoms with van der Waals surface area (Å²) in [6.07, 6.45) is 3.74. The van der Waals surface area contributed by atoms with E-state index in [9.17, 15) is 14.9 Å². The van der Waals surface area contributed by atoms with Crippen LogP contribution in [-0.2, 0) is 0 Å². The van der Waals surface area contributed by atoms with Crippen LogP contribution in [0.5, 0.6) is 0 Å². The van der Waals surface area contributed by atoms with Crippen molar-refractivity contribution in [3.05, 3.63) is 33.9 Å². The molecule has 0 bridgehead atoms. The molecule has 1 aliphatic rings. The van der Waals surface area contributed by atoms with Crippen LogP contribution in [0.1, 0.15) is 30.1 Å². The van der Waals surface area contributed by atoms with Gasteiger partial charge in [-0.3, -0.25) is 14.9 Å². The molecule has 1 amide bonds. The SMILES string of the molecule is CSc1ccc([N+](=O)[O-])c(C(=O)NC2CCCNC2C)c1. The Labute approximate surface area is 127 Å². The molecule has 6 nitrogen and oxygen atoms in total. The van der Waals surface area contributed by atoms with E-state index in [1.165, 1.54) is 17.8 Å². The fourth-order valence-electron chi connectivity index (χ4n) is 2.47. The fourth-order valence-corrected chi connectivity index (χ4v) is 2.91. The Balaban J connectivity index is 2.22. The molecule has 2 unspecified atom stereocenters. The van der Waals surface area contributed by atoms with Crippen molar-refractivity contribution in [1.29, 1.82) is 0 Å². The van der Waals surface area contributed by atoms with E-state index in [2.05, 4.69) is 10.6 Å². The summed E-state index contributed by atoms with van der Waals surface area (Å²) in [5.74, 6) is -0.377. The van der Waals surface area contributed by atoms with Crippen molar-refractivity contribution in [1.82, 2.24) is 10.6 Å². The summed E-state index contributed by atoms with van der Waals surface area (Å²) in [5.41, 5.74) is -0.0219. The molecule has 1 heterocycles. The lowest BCUT2D eigenvalue weighted by Crippen LogP contribution is -2.51. The number of nitro groups is 1. The van der Waals surface area contributed by atoms with Gasteiger partial charge < -0.3 is 10.6 Å². The number of thioether (sulfide) groups is 1. The molecule has 0 aliphatic carbocycles. The summed E-state index contributed by atoms with van der Waals surface area (Å²) in [4.78, 5) is 23.8. The van der Waals surface area contributed by atoms with Gasteiger partial charge in [0.1, 0.15) is 5.56 Å². The number of carbonyl (C=O) groups is 1. The maximum absolute atomic E-state index is 12.4. The van der Waals surface area contributed by atoms with Gasteiger partial charge in [0.25, 0.3) is 11.6 Å². The Morgan fingerprint density at radius 2 is 2.29 bits per heavy atom. The highest BCUT2D eigenvalue weighted by atomic mass is 32.2. The average molecular weight is 309 g/mol. The highest BCUT2D eigenvalue weighted by Crippen LogP contribution is 2.25. The molecular formula is C14H19N3O3S. The van der Waals surface area contributed by atoms with Crippen LogP contribution in [0.2, 0.25) is 0 Å². The lowest BCUT2D eigenvalue weighted by atomic mass is 9.99. The molecule has 1 saturated heterocycles. The molecule has 7 heteroatoms. The molecule has 114 valence electrons. The number of nitrogens with one attached hydrogen (secondary N) is 2. The molecule has 2 N–H and O–H groups in total. The predicted molar refractivity (Wildman–Crippen MR) is 82.8 cm³/mol. The zero-order valence-corrected chi connectivity index (χ0v) is 12.9. The van der Waals surface area contributed by atoms with Gasteiger partial charge in [-0.25, -0.2) is 0 Å². The van der Waals surface area contributed by atoms with Crippen molar-refractivity contribution >= 4 is 23.4 Å². The molecule has 1 aromatic rings. The fraction of sp³-hybridized carbons (Fsp3) is 0.500. The Kier molecular flexibility index (Phi) is 5.19. The number of hydrogen-bond acceptors (Lipinski definition) is 5. The molecule has 2 atom stereocenters. The molecule has 0 saturated carbocycles. The van der Waals surface area contributed by atoms with Crippen molar-refractivity contribution in [3.63, 3.8) is 0 Å². The molecular weight excluding hydrogens is 290 g/mol. The zero-order chi connectivity index (χ0) is 15.4. The number of nitro benzene ring substituents is 1. The number of amides is 1. The average Bonchev–Trinajstić information content (AvgIpc) is 2.48. The normalized spacial score (nSPS) is 21.8. The summed E-state index contributed by atoms with van der Waals surface area (Å²) in [7, 11) is 0. The highest BCUT2D eigenvalue weighted by Gasteiger charge is 2.26. The van der Waals surface area contributed by atoms with Crippen LogP contribution >= 0.6 is 11.8 Å². The van der Waals surface area contributed by atoms with Gasteiger partial charge in [-0.2, -0.15) is 0 Å². The van der Waals surface area contributed by atoms with Crippen LogP contribution in [0, 0.1) is 10.1 Å². The summed E-state index contributed by atoms with van der Waals surface area (Å²) in [6, 6.07) is 4.81. The summed E-state index contributed by atoms with van der Waals surface area (Å²) in [5, 5.41) is 17.3. The van der Waals surface area contributed by atoms with Crippen LogP contribution in [0.15, 0.2) is 23.1 Å². The van der Waals surface area contributed by atoms with Crippen LogP contribution in [0.25, 0.3) is 0 Å². The first-order chi connectivity index (χ1) is 10.0. The smallest absolute Gasteiger partial charge is 0.282 e. The van der Waals surface area contributed by atoms with Crippen molar-refractivity contribution in [3.8, 4) is 0 Å². The van der Waals surface area contributed by atoms with E-state index >= 15 is 0 Å². The minimum atomic E-state index is -0.512. The van der Waals surface area contributed by atoms with Crippen LogP contribution in [0.3, 0.4) is 0 Å². The maximum Gasteiger partial charge on any atom is 0.282 e. The van der Waals surface area contributed by atoms with Gasteiger partial charge in [0.15, 0.2) is 0 Å². The minimum absolute atomic E-state index is 0.00351. The van der Waals surface area contributed by atoms with E-state index in [0.717, 1.165) is 24.3 Å². The van der Waals surface area contributed by atoms with Crippen LogP contribution < -0.4 is 10.6 Å². The highest BCUT2D eigenvalue weighted by molar-refractivity contribution is 7.98. The van der Waals surface area contributed by atoms with Gasteiger partial charge in [0.2, 0.25) is 0 Å². The Hall–Kier alpha value is -1.60. The summed E-state index contributed by atoms with van der Waals surface area (Å²) < 4.78 is 0. The number of nitrogens with zero attached hydrogens (tertiary/aromatic N) is 1. The lowest BCUT2D eigenvalue weighted by Gasteiger charge is -2.30. The number of piperidine rings is 1. The van der Waals surface area contributed by atoms with Gasteiger partial charge in [-0.1, -0.05) is 0 Å². The van der Waals surface area contributed by atoms with Gasteiger partial charge >= 0.3 is 0 Å². The lowest BCUT2D eigenvalue weighted by molar-refractivity contribution is -0.385. The number of rotatable bonds is 4. The number of benzene rings is 1. The predicted octanol–water partition coefficient (Wildman–Crippen LogP) is 2.19. The van der Waals surface area contributed by atoms with Gasteiger partial charge in [-0.05, 0) is 44.7 Å². The minimum Gasteiger partial charge on any atom is -0.348 e. The number of hydrogen-bond donors (Lipinski definition) is 2. The molecule has 0 aromatic heterocycles. The third kappa shape index (κ3) is 3.74. The molecule has 1 aromatic carbocycles. The quantitative estimate of drug-likeness (QED) is 0.506. The van der Waals surface area contributed by atoms with E-state index in [4.69, 9.17) is 0 Å². The van der Waals surface area contributed by atoms with E-state index in [1.807, 2.05) is 13.2 Å². The van der Waals surface area contributed by atoms with Crippen molar-refractivity contribution < 1.29 is 9.72 Å². The summed E-state index contributed by atoms with van der Waals surface area (Å²) in [6.45, 7) is 2.95. The monoisotopic (exact) mass is 309 g/mol. The third-order valence-electron chi connectivity index (χ3n) is 3.72. The van der Waals surface area contributed by atoms with Crippen molar-refractivity contribution in [2.24, 2.45) is 0 Å². The second kappa shape index (κ2) is 6.91. The Morgan fingerprint density at radius 1 is 1.52 bits per heavy atom. The first kappa shape index (κ1) is 15.8. The first-order valence-corrected chi connectivity index (χ1v) is 8.12. The Bertz CT molecular complexity index is 550. The van der Waals surface area contributed by atoms with E-state index in [-0.39, 0.29) is 29.2 Å². The zero-order valence-electron chi connectivity index (χ0n) is 12.1. The summed E-state index contributed by atoms with van der Waals surface area (Å²) >= 11 is 1.45. The number of carbonyl (C=O) groups excluding carboxylic acids is 1. The molecule has 0 spiro atoms. The molecule has 0 radical (unpaired) electrons. The maximum atomic E-state index is 12.4. The standard InChI is InChI=1S/C14H19N3O3S/c1-9-12(4-3-7-15-9)16-14(18)11-8-10(21-2)5-6-13(11)17(19)20/h5-6,8-9,12,15H,3-4,7H2,1-2H3,(H,16,18). The molecule has 2 rings (SSSR count). The van der Waals surface area contributed by atoms with Crippen LogP contribution in [-0.4, -0.2) is 35.7 Å². The van der Waals surface area contributed by atoms with Gasteiger partial charge in [0, 0.05) is 23.0 Å². The largest absolute Gasteiger partial charge is 0.348 e. The van der Waals surface area contributed by atoms with E-state index in [0.29, 0.717) is 0 Å². The molecule has 21 heavy (non-hydrogen) atoms. The van der Waals surface area contributed by atoms with Gasteiger partial charge in [-0.15, -0.1) is 11.8 Å². The van der Waals surface area contributed by atoms with Crippen molar-refractivity contribution in [2.75, 3.05) is 12.8 Å². The van der Waals surface area contributed by atoms with Crippen LogP contribution in [0.4, 0.5) is 5.69 Å². The Morgan fingerprint density at radius 3 is 2.90 bits per heavy atom.